The van der Waals surface area contributed by atoms with E-state index in [0.717, 1.165) is 12.8 Å². The van der Waals surface area contributed by atoms with Gasteiger partial charge in [0.05, 0.1) is 0 Å². The zero-order valence-corrected chi connectivity index (χ0v) is 12.6. The van der Waals surface area contributed by atoms with Crippen LogP contribution in [0, 0.1) is 0 Å². The van der Waals surface area contributed by atoms with Crippen LogP contribution in [0.1, 0.15) is 36.0 Å². The average molecular weight is 276 g/mol. The molecule has 0 aliphatic heterocycles. The second-order valence-electron chi connectivity index (χ2n) is 5.69. The number of hydrogen-bond acceptors (Lipinski definition) is 4. The lowest BCUT2D eigenvalue weighted by Gasteiger charge is -2.36. The van der Waals surface area contributed by atoms with Crippen molar-refractivity contribution in [2.24, 2.45) is 0 Å². The van der Waals surface area contributed by atoms with E-state index >= 15 is 0 Å². The molecule has 0 bridgehead atoms. The standard InChI is InChI=1S/C15H24N4O/c1-16-13-10-12(6-9-17-13)14(20)18-11-15(19(2)3)7-4-5-8-15/h6,9-10H,4-5,7-8,11H2,1-3H3,(H,16,17)(H,18,20). The first kappa shape index (κ1) is 14.8. The molecule has 1 heterocycles. The zero-order valence-electron chi connectivity index (χ0n) is 12.6. The third-order valence-electron chi connectivity index (χ3n) is 4.34. The molecule has 110 valence electrons. The molecule has 20 heavy (non-hydrogen) atoms. The SMILES string of the molecule is CNc1cc(C(=O)NCC2(N(C)C)CCCC2)ccn1. The Morgan fingerprint density at radius 1 is 1.40 bits per heavy atom. The molecule has 1 aromatic heterocycles. The van der Waals surface area contributed by atoms with E-state index in [0.29, 0.717) is 17.9 Å². The van der Waals surface area contributed by atoms with Gasteiger partial charge in [0.2, 0.25) is 0 Å². The van der Waals surface area contributed by atoms with Crippen molar-refractivity contribution in [1.29, 1.82) is 0 Å². The molecule has 0 radical (unpaired) electrons. The van der Waals surface area contributed by atoms with Crippen molar-refractivity contribution in [3.05, 3.63) is 23.9 Å². The highest BCUT2D eigenvalue weighted by molar-refractivity contribution is 5.94. The summed E-state index contributed by atoms with van der Waals surface area (Å²) in [6.45, 7) is 0.704. The van der Waals surface area contributed by atoms with E-state index in [4.69, 9.17) is 0 Å². The maximum absolute atomic E-state index is 12.2. The van der Waals surface area contributed by atoms with Crippen molar-refractivity contribution in [2.45, 2.75) is 31.2 Å². The molecule has 1 aromatic rings. The Balaban J connectivity index is 2.00. The molecule has 1 amide bonds. The van der Waals surface area contributed by atoms with Crippen LogP contribution in [-0.2, 0) is 0 Å². The highest BCUT2D eigenvalue weighted by Crippen LogP contribution is 2.33. The molecule has 1 saturated carbocycles. The molecule has 0 aromatic carbocycles. The molecule has 0 atom stereocenters. The third-order valence-corrected chi connectivity index (χ3v) is 4.34. The predicted octanol–water partition coefficient (Wildman–Crippen LogP) is 1.73. The number of hydrogen-bond donors (Lipinski definition) is 2. The summed E-state index contributed by atoms with van der Waals surface area (Å²) in [6, 6.07) is 3.51. The Labute approximate surface area is 120 Å². The summed E-state index contributed by atoms with van der Waals surface area (Å²) in [5.41, 5.74) is 0.769. The van der Waals surface area contributed by atoms with Gasteiger partial charge in [-0.05, 0) is 39.1 Å². The average Bonchev–Trinajstić information content (AvgIpc) is 2.95. The van der Waals surface area contributed by atoms with Crippen molar-refractivity contribution < 1.29 is 4.79 Å². The normalized spacial score (nSPS) is 17.2. The van der Waals surface area contributed by atoms with Gasteiger partial charge in [-0.1, -0.05) is 12.8 Å². The molecule has 5 heteroatoms. The van der Waals surface area contributed by atoms with E-state index < -0.39 is 0 Å². The molecule has 2 N–H and O–H groups in total. The van der Waals surface area contributed by atoms with Crippen molar-refractivity contribution in [3.8, 4) is 0 Å². The molecular formula is C15H24N4O. The maximum Gasteiger partial charge on any atom is 0.251 e. The summed E-state index contributed by atoms with van der Waals surface area (Å²) < 4.78 is 0. The van der Waals surface area contributed by atoms with Crippen LogP contribution in [0.2, 0.25) is 0 Å². The summed E-state index contributed by atoms with van der Waals surface area (Å²) in [5, 5.41) is 6.02. The smallest absolute Gasteiger partial charge is 0.251 e. The van der Waals surface area contributed by atoms with Gasteiger partial charge in [0.1, 0.15) is 5.82 Å². The minimum atomic E-state index is -0.0305. The first-order valence-corrected chi connectivity index (χ1v) is 7.17. The van der Waals surface area contributed by atoms with Crippen LogP contribution >= 0.6 is 0 Å². The Morgan fingerprint density at radius 3 is 2.70 bits per heavy atom. The van der Waals surface area contributed by atoms with Crippen LogP contribution in [0.3, 0.4) is 0 Å². The number of amides is 1. The fraction of sp³-hybridized carbons (Fsp3) is 0.600. The quantitative estimate of drug-likeness (QED) is 0.860. The van der Waals surface area contributed by atoms with Crippen molar-refractivity contribution in [2.75, 3.05) is 33.0 Å². The lowest BCUT2D eigenvalue weighted by Crippen LogP contribution is -2.50. The van der Waals surface area contributed by atoms with E-state index in [2.05, 4.69) is 34.6 Å². The summed E-state index contributed by atoms with van der Waals surface area (Å²) in [4.78, 5) is 18.6. The molecule has 1 aliphatic carbocycles. The maximum atomic E-state index is 12.2. The molecular weight excluding hydrogens is 252 g/mol. The number of carbonyl (C=O) groups excluding carboxylic acids is 1. The Bertz CT molecular complexity index is 467. The molecule has 2 rings (SSSR count). The number of nitrogens with one attached hydrogen (secondary N) is 2. The van der Waals surface area contributed by atoms with Crippen molar-refractivity contribution in [1.82, 2.24) is 15.2 Å². The van der Waals surface area contributed by atoms with Crippen molar-refractivity contribution in [3.63, 3.8) is 0 Å². The summed E-state index contributed by atoms with van der Waals surface area (Å²) >= 11 is 0. The molecule has 1 aliphatic rings. The number of likely N-dealkylation sites (N-methyl/N-ethyl adjacent to an activating group) is 1. The Hall–Kier alpha value is -1.62. The van der Waals surface area contributed by atoms with E-state index in [1.165, 1.54) is 12.8 Å². The number of nitrogens with zero attached hydrogens (tertiary/aromatic N) is 2. The third kappa shape index (κ3) is 3.10. The van der Waals surface area contributed by atoms with Crippen LogP contribution in [0.4, 0.5) is 5.82 Å². The molecule has 0 spiro atoms. The molecule has 1 fully saturated rings. The number of anilines is 1. The first-order valence-electron chi connectivity index (χ1n) is 7.17. The predicted molar refractivity (Wildman–Crippen MR) is 81.0 cm³/mol. The summed E-state index contributed by atoms with van der Waals surface area (Å²) in [5.74, 6) is 0.679. The largest absolute Gasteiger partial charge is 0.373 e. The second-order valence-corrected chi connectivity index (χ2v) is 5.69. The monoisotopic (exact) mass is 276 g/mol. The van der Waals surface area contributed by atoms with Crippen LogP contribution in [0.15, 0.2) is 18.3 Å². The minimum absolute atomic E-state index is 0.0305. The topological polar surface area (TPSA) is 57.3 Å². The van der Waals surface area contributed by atoms with Gasteiger partial charge in [0.25, 0.3) is 5.91 Å². The van der Waals surface area contributed by atoms with E-state index in [1.807, 2.05) is 0 Å². The second kappa shape index (κ2) is 6.22. The van der Waals surface area contributed by atoms with E-state index in [9.17, 15) is 4.79 Å². The molecule has 0 saturated heterocycles. The van der Waals surface area contributed by atoms with Gasteiger partial charge in [-0.15, -0.1) is 0 Å². The van der Waals surface area contributed by atoms with E-state index in [1.54, 1.807) is 25.4 Å². The lowest BCUT2D eigenvalue weighted by molar-refractivity contribution is 0.0900. The Kier molecular flexibility index (Phi) is 4.60. The van der Waals surface area contributed by atoms with Gasteiger partial charge in [0, 0.05) is 30.9 Å². The van der Waals surface area contributed by atoms with Crippen LogP contribution in [0.25, 0.3) is 0 Å². The Morgan fingerprint density at radius 2 is 2.10 bits per heavy atom. The van der Waals surface area contributed by atoms with Crippen LogP contribution in [0.5, 0.6) is 0 Å². The van der Waals surface area contributed by atoms with Gasteiger partial charge < -0.3 is 15.5 Å². The number of pyridine rings is 1. The molecule has 5 nitrogen and oxygen atoms in total. The van der Waals surface area contributed by atoms with Gasteiger partial charge in [0.15, 0.2) is 0 Å². The highest BCUT2D eigenvalue weighted by Gasteiger charge is 2.36. The summed E-state index contributed by atoms with van der Waals surface area (Å²) in [7, 11) is 6.00. The lowest BCUT2D eigenvalue weighted by atomic mass is 9.96. The number of rotatable bonds is 5. The van der Waals surface area contributed by atoms with Crippen molar-refractivity contribution >= 4 is 11.7 Å². The highest BCUT2D eigenvalue weighted by atomic mass is 16.1. The number of carbonyl (C=O) groups is 1. The minimum Gasteiger partial charge on any atom is -0.373 e. The van der Waals surface area contributed by atoms with E-state index in [-0.39, 0.29) is 11.4 Å². The van der Waals surface area contributed by atoms with Crippen LogP contribution in [-0.4, -0.2) is 49.0 Å². The van der Waals surface area contributed by atoms with Gasteiger partial charge in [-0.2, -0.15) is 0 Å². The van der Waals surface area contributed by atoms with Gasteiger partial charge in [-0.3, -0.25) is 4.79 Å². The van der Waals surface area contributed by atoms with Gasteiger partial charge in [-0.25, -0.2) is 4.98 Å². The fourth-order valence-corrected chi connectivity index (χ4v) is 2.87. The van der Waals surface area contributed by atoms with Crippen LogP contribution < -0.4 is 10.6 Å². The molecule has 0 unspecified atom stereocenters. The number of aromatic nitrogens is 1. The first-order chi connectivity index (χ1) is 9.57. The fourth-order valence-electron chi connectivity index (χ4n) is 2.87. The zero-order chi connectivity index (χ0) is 14.6. The summed E-state index contributed by atoms with van der Waals surface area (Å²) in [6.07, 6.45) is 6.44. The van der Waals surface area contributed by atoms with Gasteiger partial charge >= 0.3 is 0 Å².